The normalized spacial score (nSPS) is 17.9. The molecular weight excluding hydrogens is 220 g/mol. The summed E-state index contributed by atoms with van der Waals surface area (Å²) < 4.78 is 5.38. The molecule has 3 N–H and O–H groups in total. The predicted octanol–water partition coefficient (Wildman–Crippen LogP) is 0.403. The van der Waals surface area contributed by atoms with E-state index in [4.69, 9.17) is 15.7 Å². The smallest absolute Gasteiger partial charge is 0.171 e. The second-order valence-electron chi connectivity index (χ2n) is 3.84. The maximum Gasteiger partial charge on any atom is 0.171 e. The topological polar surface area (TPSA) is 84.0 Å². The van der Waals surface area contributed by atoms with Crippen LogP contribution in [0.3, 0.4) is 0 Å². The van der Waals surface area contributed by atoms with Gasteiger partial charge in [0.25, 0.3) is 0 Å². The number of ether oxygens (including phenoxy) is 1. The molecule has 0 unspecified atom stereocenters. The number of nitrogens with zero attached hydrogens (tertiary/aromatic N) is 3. The summed E-state index contributed by atoms with van der Waals surface area (Å²) >= 11 is 0. The number of pyridine rings is 1. The largest absolute Gasteiger partial charge is 0.409 e. The second kappa shape index (κ2) is 5.49. The van der Waals surface area contributed by atoms with E-state index < -0.39 is 0 Å². The third-order valence-electron chi connectivity index (χ3n) is 2.70. The molecule has 2 heterocycles. The molecule has 6 nitrogen and oxygen atoms in total. The Hall–Kier alpha value is -1.82. The molecule has 92 valence electrons. The van der Waals surface area contributed by atoms with Crippen molar-refractivity contribution in [3.63, 3.8) is 0 Å². The third kappa shape index (κ3) is 2.85. The molecule has 1 aliphatic rings. The van der Waals surface area contributed by atoms with Gasteiger partial charge in [0.05, 0.1) is 6.61 Å². The van der Waals surface area contributed by atoms with Crippen molar-refractivity contribution in [2.75, 3.05) is 31.2 Å². The Kier molecular flexibility index (Phi) is 3.77. The second-order valence-corrected chi connectivity index (χ2v) is 3.84. The number of hydrogen-bond acceptors (Lipinski definition) is 5. The zero-order valence-corrected chi connectivity index (χ0v) is 9.54. The van der Waals surface area contributed by atoms with Gasteiger partial charge in [-0.2, -0.15) is 0 Å². The quantitative estimate of drug-likeness (QED) is 0.336. The molecule has 0 aromatic carbocycles. The first kappa shape index (κ1) is 11.7. The van der Waals surface area contributed by atoms with Crippen molar-refractivity contribution in [3.05, 3.63) is 23.9 Å². The molecule has 6 heteroatoms. The summed E-state index contributed by atoms with van der Waals surface area (Å²) in [5, 5.41) is 11.5. The Bertz CT molecular complexity index is 383. The monoisotopic (exact) mass is 236 g/mol. The van der Waals surface area contributed by atoms with Crippen LogP contribution in [0.2, 0.25) is 0 Å². The van der Waals surface area contributed by atoms with Crippen molar-refractivity contribution < 1.29 is 9.94 Å². The van der Waals surface area contributed by atoms with Crippen LogP contribution < -0.4 is 10.6 Å². The van der Waals surface area contributed by atoms with Crippen LogP contribution >= 0.6 is 0 Å². The van der Waals surface area contributed by atoms with Gasteiger partial charge < -0.3 is 20.6 Å². The van der Waals surface area contributed by atoms with Crippen LogP contribution in [0, 0.1) is 0 Å². The third-order valence-corrected chi connectivity index (χ3v) is 2.70. The van der Waals surface area contributed by atoms with E-state index in [1.54, 1.807) is 12.3 Å². The summed E-state index contributed by atoms with van der Waals surface area (Å²) in [6.07, 6.45) is 2.61. The highest BCUT2D eigenvalue weighted by molar-refractivity contribution is 5.96. The summed E-state index contributed by atoms with van der Waals surface area (Å²) in [4.78, 5) is 6.48. The lowest BCUT2D eigenvalue weighted by Crippen LogP contribution is -2.27. The van der Waals surface area contributed by atoms with Gasteiger partial charge in [-0.25, -0.2) is 4.98 Å². The molecule has 0 radical (unpaired) electrons. The van der Waals surface area contributed by atoms with Crippen molar-refractivity contribution in [2.45, 2.75) is 6.42 Å². The Morgan fingerprint density at radius 3 is 3.00 bits per heavy atom. The summed E-state index contributed by atoms with van der Waals surface area (Å²) in [6, 6.07) is 3.67. The molecule has 1 aliphatic heterocycles. The summed E-state index contributed by atoms with van der Waals surface area (Å²) in [5.41, 5.74) is 6.09. The van der Waals surface area contributed by atoms with Crippen LogP contribution in [0.4, 0.5) is 5.82 Å². The maximum atomic E-state index is 8.55. The van der Waals surface area contributed by atoms with Crippen LogP contribution in [-0.4, -0.2) is 42.3 Å². The number of rotatable bonds is 2. The standard InChI is InChI=1S/C11H16N4O2/c12-11(14-16)9-2-3-10(13-8-9)15-4-1-6-17-7-5-15/h2-3,8,16H,1,4-7H2,(H2,12,14). The van der Waals surface area contributed by atoms with Gasteiger partial charge in [0.2, 0.25) is 0 Å². The van der Waals surface area contributed by atoms with Crippen LogP contribution in [-0.2, 0) is 4.74 Å². The van der Waals surface area contributed by atoms with Gasteiger partial charge in [0, 0.05) is 31.5 Å². The highest BCUT2D eigenvalue weighted by atomic mass is 16.5. The Morgan fingerprint density at radius 2 is 2.29 bits per heavy atom. The molecule has 1 saturated heterocycles. The van der Waals surface area contributed by atoms with Gasteiger partial charge >= 0.3 is 0 Å². The van der Waals surface area contributed by atoms with E-state index in [-0.39, 0.29) is 5.84 Å². The lowest BCUT2D eigenvalue weighted by Gasteiger charge is -2.20. The van der Waals surface area contributed by atoms with E-state index in [1.165, 1.54) is 0 Å². The molecule has 2 rings (SSSR count). The van der Waals surface area contributed by atoms with Crippen molar-refractivity contribution in [2.24, 2.45) is 10.9 Å². The fraction of sp³-hybridized carbons (Fsp3) is 0.455. The first-order valence-corrected chi connectivity index (χ1v) is 5.58. The van der Waals surface area contributed by atoms with Crippen molar-refractivity contribution in [1.29, 1.82) is 0 Å². The van der Waals surface area contributed by atoms with E-state index in [9.17, 15) is 0 Å². The van der Waals surface area contributed by atoms with Gasteiger partial charge in [-0.05, 0) is 18.6 Å². The highest BCUT2D eigenvalue weighted by Gasteiger charge is 2.11. The SMILES string of the molecule is N/C(=N/O)c1ccc(N2CCCOCC2)nc1. The van der Waals surface area contributed by atoms with Gasteiger partial charge in [-0.15, -0.1) is 0 Å². The average Bonchev–Trinajstić information content (AvgIpc) is 2.67. The molecule has 0 aliphatic carbocycles. The molecule has 1 fully saturated rings. The predicted molar refractivity (Wildman–Crippen MR) is 64.4 cm³/mol. The highest BCUT2D eigenvalue weighted by Crippen LogP contribution is 2.13. The zero-order chi connectivity index (χ0) is 12.1. The lowest BCUT2D eigenvalue weighted by molar-refractivity contribution is 0.152. The molecule has 0 bridgehead atoms. The molecule has 0 atom stereocenters. The summed E-state index contributed by atoms with van der Waals surface area (Å²) in [6.45, 7) is 3.31. The fourth-order valence-electron chi connectivity index (χ4n) is 1.76. The van der Waals surface area contributed by atoms with Crippen LogP contribution in [0.15, 0.2) is 23.5 Å². The molecule has 0 amide bonds. The van der Waals surface area contributed by atoms with Crippen molar-refractivity contribution >= 4 is 11.7 Å². The van der Waals surface area contributed by atoms with E-state index >= 15 is 0 Å². The van der Waals surface area contributed by atoms with Crippen LogP contribution in [0.1, 0.15) is 12.0 Å². The minimum absolute atomic E-state index is 0.0725. The maximum absolute atomic E-state index is 8.55. The van der Waals surface area contributed by atoms with E-state index in [0.717, 1.165) is 38.5 Å². The van der Waals surface area contributed by atoms with Crippen LogP contribution in [0.25, 0.3) is 0 Å². The number of oxime groups is 1. The summed E-state index contributed by atoms with van der Waals surface area (Å²) in [7, 11) is 0. The Balaban J connectivity index is 2.11. The minimum atomic E-state index is 0.0725. The van der Waals surface area contributed by atoms with Gasteiger partial charge in [-0.3, -0.25) is 0 Å². The number of anilines is 1. The molecule has 0 saturated carbocycles. The van der Waals surface area contributed by atoms with E-state index in [0.29, 0.717) is 5.56 Å². The first-order valence-electron chi connectivity index (χ1n) is 5.58. The van der Waals surface area contributed by atoms with E-state index in [2.05, 4.69) is 15.0 Å². The summed E-state index contributed by atoms with van der Waals surface area (Å²) in [5.74, 6) is 0.966. The fourth-order valence-corrected chi connectivity index (χ4v) is 1.76. The van der Waals surface area contributed by atoms with Crippen molar-refractivity contribution in [3.8, 4) is 0 Å². The number of hydrogen-bond donors (Lipinski definition) is 2. The van der Waals surface area contributed by atoms with E-state index in [1.807, 2.05) is 6.07 Å². The Morgan fingerprint density at radius 1 is 1.41 bits per heavy atom. The lowest BCUT2D eigenvalue weighted by atomic mass is 10.2. The number of amidine groups is 1. The Labute approximate surface area is 99.7 Å². The number of nitrogens with two attached hydrogens (primary N) is 1. The van der Waals surface area contributed by atoms with Gasteiger partial charge in [0.15, 0.2) is 5.84 Å². The zero-order valence-electron chi connectivity index (χ0n) is 9.54. The number of aromatic nitrogens is 1. The van der Waals surface area contributed by atoms with Gasteiger partial charge in [-0.1, -0.05) is 5.16 Å². The first-order chi connectivity index (χ1) is 8.31. The average molecular weight is 236 g/mol. The molecular formula is C11H16N4O2. The molecule has 17 heavy (non-hydrogen) atoms. The molecule has 1 aromatic heterocycles. The molecule has 0 spiro atoms. The van der Waals surface area contributed by atoms with Gasteiger partial charge in [0.1, 0.15) is 5.82 Å². The molecule has 1 aromatic rings. The minimum Gasteiger partial charge on any atom is -0.409 e. The van der Waals surface area contributed by atoms with Crippen molar-refractivity contribution in [1.82, 2.24) is 4.98 Å². The van der Waals surface area contributed by atoms with Crippen LogP contribution in [0.5, 0.6) is 0 Å².